The van der Waals surface area contributed by atoms with Crippen molar-refractivity contribution in [3.8, 4) is 0 Å². The summed E-state index contributed by atoms with van der Waals surface area (Å²) in [7, 11) is 0. The van der Waals surface area contributed by atoms with Gasteiger partial charge in [0.2, 0.25) is 0 Å². The van der Waals surface area contributed by atoms with Gasteiger partial charge in [-0.3, -0.25) is 0 Å². The van der Waals surface area contributed by atoms with Crippen LogP contribution in [0, 0.1) is 0 Å². The van der Waals surface area contributed by atoms with Crippen molar-refractivity contribution in [3.63, 3.8) is 0 Å². The Morgan fingerprint density at radius 1 is 1.15 bits per heavy atom. The lowest BCUT2D eigenvalue weighted by molar-refractivity contribution is 0.277. The zero-order chi connectivity index (χ0) is 13.9. The van der Waals surface area contributed by atoms with Crippen molar-refractivity contribution in [1.82, 2.24) is 0 Å². The number of thiophene rings is 1. The number of hydrogen-bond donors (Lipinski definition) is 2. The monoisotopic (exact) mass is 303 g/mol. The van der Waals surface area contributed by atoms with Crippen molar-refractivity contribution in [2.75, 3.05) is 11.9 Å². The number of anilines is 1. The first kappa shape index (κ1) is 13.4. The second kappa shape index (κ2) is 5.83. The maximum atomic E-state index is 9.70. The van der Waals surface area contributed by atoms with E-state index in [1.165, 1.54) is 10.1 Å². The van der Waals surface area contributed by atoms with Crippen LogP contribution >= 0.6 is 22.9 Å². The van der Waals surface area contributed by atoms with Gasteiger partial charge in [0, 0.05) is 15.4 Å². The number of benzene rings is 2. The van der Waals surface area contributed by atoms with Gasteiger partial charge in [-0.15, -0.1) is 11.3 Å². The van der Waals surface area contributed by atoms with Crippen LogP contribution in [0.25, 0.3) is 10.1 Å². The molecule has 0 saturated carbocycles. The maximum Gasteiger partial charge on any atom is 0.0759 e. The summed E-state index contributed by atoms with van der Waals surface area (Å²) < 4.78 is 1.23. The quantitative estimate of drug-likeness (QED) is 0.732. The highest BCUT2D eigenvalue weighted by atomic mass is 35.5. The second-order valence-corrected chi connectivity index (χ2v) is 5.92. The van der Waals surface area contributed by atoms with E-state index in [0.29, 0.717) is 5.02 Å². The average molecular weight is 304 g/mol. The molecule has 1 atom stereocenters. The minimum Gasteiger partial charge on any atom is -0.394 e. The summed E-state index contributed by atoms with van der Waals surface area (Å²) in [6.45, 7) is 0.0350. The van der Waals surface area contributed by atoms with E-state index >= 15 is 0 Å². The Morgan fingerprint density at radius 2 is 2.00 bits per heavy atom. The third kappa shape index (κ3) is 2.66. The van der Waals surface area contributed by atoms with E-state index in [1.807, 2.05) is 36.4 Å². The predicted molar refractivity (Wildman–Crippen MR) is 86.7 cm³/mol. The maximum absolute atomic E-state index is 9.70. The molecule has 3 aromatic rings. The van der Waals surface area contributed by atoms with E-state index in [4.69, 9.17) is 11.6 Å². The van der Waals surface area contributed by atoms with Crippen LogP contribution in [0.2, 0.25) is 5.02 Å². The summed E-state index contributed by atoms with van der Waals surface area (Å²) in [4.78, 5) is 0. The number of nitrogens with one attached hydrogen (secondary N) is 1. The molecule has 0 aliphatic heterocycles. The van der Waals surface area contributed by atoms with E-state index in [0.717, 1.165) is 11.3 Å². The Kier molecular flexibility index (Phi) is 3.92. The van der Waals surface area contributed by atoms with Gasteiger partial charge in [0.1, 0.15) is 0 Å². The van der Waals surface area contributed by atoms with Crippen LogP contribution in [0.15, 0.2) is 53.9 Å². The molecule has 0 aliphatic carbocycles. The molecule has 0 saturated heterocycles. The third-order valence-corrected chi connectivity index (χ3v) is 4.45. The largest absolute Gasteiger partial charge is 0.394 e. The zero-order valence-corrected chi connectivity index (χ0v) is 12.3. The predicted octanol–water partition coefficient (Wildman–Crippen LogP) is 4.70. The molecule has 2 nitrogen and oxygen atoms in total. The molecule has 0 fully saturated rings. The molecule has 2 N–H and O–H groups in total. The van der Waals surface area contributed by atoms with Crippen molar-refractivity contribution < 1.29 is 5.11 Å². The van der Waals surface area contributed by atoms with E-state index in [9.17, 15) is 5.11 Å². The summed E-state index contributed by atoms with van der Waals surface area (Å²) in [6, 6.07) is 15.6. The number of aliphatic hydroxyl groups excluding tert-OH is 1. The Balaban J connectivity index is 1.93. The normalized spacial score (nSPS) is 12.5. The minimum atomic E-state index is -0.135. The molecule has 102 valence electrons. The van der Waals surface area contributed by atoms with Gasteiger partial charge in [0.15, 0.2) is 0 Å². The van der Waals surface area contributed by atoms with Crippen LogP contribution in [0.3, 0.4) is 0 Å². The van der Waals surface area contributed by atoms with E-state index in [2.05, 4.69) is 22.8 Å². The summed E-state index contributed by atoms with van der Waals surface area (Å²) in [5.41, 5.74) is 2.03. The Morgan fingerprint density at radius 3 is 2.80 bits per heavy atom. The lowest BCUT2D eigenvalue weighted by Crippen LogP contribution is -2.14. The number of rotatable bonds is 4. The van der Waals surface area contributed by atoms with Crippen molar-refractivity contribution in [1.29, 1.82) is 0 Å². The highest BCUT2D eigenvalue weighted by Crippen LogP contribution is 2.32. The van der Waals surface area contributed by atoms with Gasteiger partial charge in [0.25, 0.3) is 0 Å². The molecular formula is C16H14ClNOS. The number of halogens is 1. The number of aliphatic hydroxyl groups is 1. The molecule has 20 heavy (non-hydrogen) atoms. The lowest BCUT2D eigenvalue weighted by Gasteiger charge is -2.17. The van der Waals surface area contributed by atoms with Gasteiger partial charge >= 0.3 is 0 Å². The van der Waals surface area contributed by atoms with E-state index in [1.54, 1.807) is 11.3 Å². The van der Waals surface area contributed by atoms with Crippen LogP contribution in [0.4, 0.5) is 5.69 Å². The van der Waals surface area contributed by atoms with Crippen LogP contribution in [0.5, 0.6) is 0 Å². The van der Waals surface area contributed by atoms with Crippen LogP contribution in [-0.2, 0) is 0 Å². The molecule has 0 amide bonds. The summed E-state index contributed by atoms with van der Waals surface area (Å²) in [5, 5.41) is 17.0. The molecule has 1 unspecified atom stereocenters. The molecule has 1 aromatic heterocycles. The van der Waals surface area contributed by atoms with Crippen LogP contribution < -0.4 is 5.32 Å². The Hall–Kier alpha value is -1.55. The van der Waals surface area contributed by atoms with Gasteiger partial charge in [0.05, 0.1) is 12.6 Å². The fourth-order valence-electron chi connectivity index (χ4n) is 2.27. The fraction of sp³-hybridized carbons (Fsp3) is 0.125. The van der Waals surface area contributed by atoms with Gasteiger partial charge in [-0.2, -0.15) is 0 Å². The number of hydrogen-bond acceptors (Lipinski definition) is 3. The molecule has 0 bridgehead atoms. The standard InChI is InChI=1S/C16H14ClNOS/c17-11-4-3-5-12(8-11)18-15(9-19)14-10-20-16-7-2-1-6-13(14)16/h1-8,10,15,18-19H,9H2. The van der Waals surface area contributed by atoms with Gasteiger partial charge in [-0.05, 0) is 40.6 Å². The topological polar surface area (TPSA) is 32.3 Å². The second-order valence-electron chi connectivity index (χ2n) is 4.58. The van der Waals surface area contributed by atoms with E-state index < -0.39 is 0 Å². The molecule has 4 heteroatoms. The minimum absolute atomic E-state index is 0.0350. The highest BCUT2D eigenvalue weighted by Gasteiger charge is 2.15. The fourth-order valence-corrected chi connectivity index (χ4v) is 3.47. The van der Waals surface area contributed by atoms with Gasteiger partial charge < -0.3 is 10.4 Å². The first-order chi connectivity index (χ1) is 9.78. The average Bonchev–Trinajstić information content (AvgIpc) is 2.89. The molecule has 0 spiro atoms. The molecule has 0 radical (unpaired) electrons. The zero-order valence-electron chi connectivity index (χ0n) is 10.7. The summed E-state index contributed by atoms with van der Waals surface area (Å²) in [6.07, 6.45) is 0. The number of fused-ring (bicyclic) bond motifs is 1. The van der Waals surface area contributed by atoms with Crippen molar-refractivity contribution in [2.24, 2.45) is 0 Å². The smallest absolute Gasteiger partial charge is 0.0759 e. The molecular weight excluding hydrogens is 290 g/mol. The summed E-state index contributed by atoms with van der Waals surface area (Å²) in [5.74, 6) is 0. The highest BCUT2D eigenvalue weighted by molar-refractivity contribution is 7.17. The third-order valence-electron chi connectivity index (χ3n) is 3.23. The molecule has 1 heterocycles. The van der Waals surface area contributed by atoms with Crippen LogP contribution in [0.1, 0.15) is 11.6 Å². The van der Waals surface area contributed by atoms with E-state index in [-0.39, 0.29) is 12.6 Å². The van der Waals surface area contributed by atoms with Crippen molar-refractivity contribution in [2.45, 2.75) is 6.04 Å². The lowest BCUT2D eigenvalue weighted by atomic mass is 10.1. The first-order valence-electron chi connectivity index (χ1n) is 6.37. The van der Waals surface area contributed by atoms with Gasteiger partial charge in [-0.25, -0.2) is 0 Å². The van der Waals surface area contributed by atoms with Gasteiger partial charge in [-0.1, -0.05) is 35.9 Å². The molecule has 0 aliphatic rings. The molecule has 2 aromatic carbocycles. The Labute approximate surface area is 126 Å². The SMILES string of the molecule is OCC(Nc1cccc(Cl)c1)c1csc2ccccc12. The first-order valence-corrected chi connectivity index (χ1v) is 7.63. The van der Waals surface area contributed by atoms with Crippen LogP contribution in [-0.4, -0.2) is 11.7 Å². The van der Waals surface area contributed by atoms with Crippen molar-refractivity contribution >= 4 is 38.7 Å². The Bertz CT molecular complexity index is 725. The van der Waals surface area contributed by atoms with Crippen molar-refractivity contribution in [3.05, 3.63) is 64.5 Å². The summed E-state index contributed by atoms with van der Waals surface area (Å²) >= 11 is 7.69. The molecule has 3 rings (SSSR count).